The van der Waals surface area contributed by atoms with Gasteiger partial charge in [-0.2, -0.15) is 0 Å². The Morgan fingerprint density at radius 1 is 1.22 bits per heavy atom. The molecule has 3 rings (SSSR count). The molecule has 1 saturated heterocycles. The lowest BCUT2D eigenvalue weighted by Crippen LogP contribution is -2.37. The molecule has 4 amide bonds. The van der Waals surface area contributed by atoms with E-state index in [0.717, 1.165) is 17.0 Å². The molecule has 2 heterocycles. The Balaban J connectivity index is 1.61. The number of benzene rings is 1. The molecule has 0 aliphatic carbocycles. The second-order valence-corrected chi connectivity index (χ2v) is 7.37. The number of aryl methyl sites for hydroxylation is 1. The molecule has 1 fully saturated rings. The van der Waals surface area contributed by atoms with Crippen LogP contribution in [0.2, 0.25) is 0 Å². The number of aromatic nitrogens is 1. The number of carbonyl (C=O) groups excluding carboxylic acids is 3. The van der Waals surface area contributed by atoms with Crippen molar-refractivity contribution in [3.05, 3.63) is 40.9 Å². The second-order valence-electron chi connectivity index (χ2n) is 6.37. The topological polar surface area (TPSA) is 85.9 Å². The van der Waals surface area contributed by atoms with Crippen molar-refractivity contribution in [3.8, 4) is 0 Å². The maximum atomic E-state index is 12.5. The van der Waals surface area contributed by atoms with Crippen LogP contribution in [0.4, 0.5) is 15.6 Å². The van der Waals surface area contributed by atoms with Gasteiger partial charge < -0.3 is 15.1 Å². The first kappa shape index (κ1) is 18.8. The minimum atomic E-state index is -0.337. The summed E-state index contributed by atoms with van der Waals surface area (Å²) in [7, 11) is 3.33. The van der Waals surface area contributed by atoms with E-state index in [4.69, 9.17) is 0 Å². The van der Waals surface area contributed by atoms with Crippen LogP contribution in [0.25, 0.3) is 0 Å². The molecule has 1 aromatic carbocycles. The Morgan fingerprint density at radius 2 is 1.93 bits per heavy atom. The van der Waals surface area contributed by atoms with Crippen molar-refractivity contribution in [1.29, 1.82) is 0 Å². The maximum Gasteiger partial charge on any atom is 0.325 e. The third-order valence-electron chi connectivity index (χ3n) is 4.14. The minimum Gasteiger partial charge on any atom is -0.344 e. The molecule has 1 N–H and O–H groups in total. The zero-order chi connectivity index (χ0) is 19.6. The first-order valence-electron chi connectivity index (χ1n) is 8.47. The summed E-state index contributed by atoms with van der Waals surface area (Å²) in [6, 6.07) is 9.16. The van der Waals surface area contributed by atoms with Crippen LogP contribution in [0.5, 0.6) is 0 Å². The summed E-state index contributed by atoms with van der Waals surface area (Å²) in [5.41, 5.74) is 1.38. The van der Waals surface area contributed by atoms with Crippen LogP contribution in [0.1, 0.15) is 15.4 Å². The van der Waals surface area contributed by atoms with E-state index in [-0.39, 0.29) is 24.4 Å². The SMILES string of the molecule is Cc1nc(NC(=O)CN2CCN(c3ccccc3)C2=O)sc1C(=O)N(C)C. The van der Waals surface area contributed by atoms with E-state index in [1.165, 1.54) is 9.80 Å². The number of carbonyl (C=O) groups is 3. The lowest BCUT2D eigenvalue weighted by molar-refractivity contribution is -0.116. The van der Waals surface area contributed by atoms with Gasteiger partial charge in [-0.05, 0) is 19.1 Å². The average molecular weight is 387 g/mol. The molecule has 0 saturated carbocycles. The molecule has 142 valence electrons. The van der Waals surface area contributed by atoms with Crippen molar-refractivity contribution in [2.24, 2.45) is 0 Å². The predicted octanol–water partition coefficient (Wildman–Crippen LogP) is 2.03. The van der Waals surface area contributed by atoms with Crippen molar-refractivity contribution in [2.45, 2.75) is 6.92 Å². The molecule has 27 heavy (non-hydrogen) atoms. The van der Waals surface area contributed by atoms with Crippen molar-refractivity contribution in [1.82, 2.24) is 14.8 Å². The standard InChI is InChI=1S/C18H21N5O3S/c1-12-15(16(25)21(2)3)27-17(19-12)20-14(24)11-22-9-10-23(18(22)26)13-7-5-4-6-8-13/h4-8H,9-11H2,1-3H3,(H,19,20,24). The van der Waals surface area contributed by atoms with Gasteiger partial charge in [0, 0.05) is 32.9 Å². The highest BCUT2D eigenvalue weighted by molar-refractivity contribution is 7.17. The Labute approximate surface area is 161 Å². The monoisotopic (exact) mass is 387 g/mol. The lowest BCUT2D eigenvalue weighted by Gasteiger charge is -2.18. The van der Waals surface area contributed by atoms with Crippen molar-refractivity contribution >= 4 is 40.0 Å². The van der Waals surface area contributed by atoms with Gasteiger partial charge in [0.2, 0.25) is 5.91 Å². The minimum absolute atomic E-state index is 0.0578. The lowest BCUT2D eigenvalue weighted by atomic mass is 10.3. The molecule has 9 heteroatoms. The quantitative estimate of drug-likeness (QED) is 0.851. The first-order chi connectivity index (χ1) is 12.9. The fraction of sp³-hybridized carbons (Fsp3) is 0.333. The Hall–Kier alpha value is -2.94. The normalized spacial score (nSPS) is 13.8. The molecule has 0 unspecified atom stereocenters. The third-order valence-corrected chi connectivity index (χ3v) is 5.20. The molecule has 1 aliphatic rings. The van der Waals surface area contributed by atoms with E-state index >= 15 is 0 Å². The Kier molecular flexibility index (Phi) is 5.41. The summed E-state index contributed by atoms with van der Waals surface area (Å²) < 4.78 is 0. The summed E-state index contributed by atoms with van der Waals surface area (Å²) >= 11 is 1.13. The number of hydrogen-bond acceptors (Lipinski definition) is 5. The molecule has 1 aliphatic heterocycles. The fourth-order valence-corrected chi connectivity index (χ4v) is 3.76. The summed E-state index contributed by atoms with van der Waals surface area (Å²) in [6.45, 7) is 2.68. The predicted molar refractivity (Wildman–Crippen MR) is 104 cm³/mol. The number of nitrogens with zero attached hydrogens (tertiary/aromatic N) is 4. The highest BCUT2D eigenvalue weighted by Gasteiger charge is 2.31. The zero-order valence-corrected chi connectivity index (χ0v) is 16.2. The molecule has 1 aromatic heterocycles. The first-order valence-corrected chi connectivity index (χ1v) is 9.29. The largest absolute Gasteiger partial charge is 0.344 e. The van der Waals surface area contributed by atoms with Crippen molar-refractivity contribution < 1.29 is 14.4 Å². The molecule has 0 spiro atoms. The van der Waals surface area contributed by atoms with Crippen LogP contribution in [-0.2, 0) is 4.79 Å². The molecule has 0 atom stereocenters. The molecule has 0 bridgehead atoms. The summed E-state index contributed by atoms with van der Waals surface area (Å²) in [4.78, 5) is 46.3. The number of anilines is 2. The van der Waals surface area contributed by atoms with Crippen LogP contribution in [0, 0.1) is 6.92 Å². The van der Waals surface area contributed by atoms with Gasteiger partial charge in [-0.15, -0.1) is 0 Å². The highest BCUT2D eigenvalue weighted by Crippen LogP contribution is 2.24. The number of amides is 4. The van der Waals surface area contributed by atoms with Gasteiger partial charge in [-0.3, -0.25) is 14.5 Å². The fourth-order valence-electron chi connectivity index (χ4n) is 2.76. The van der Waals surface area contributed by atoms with Gasteiger partial charge in [-0.25, -0.2) is 9.78 Å². The highest BCUT2D eigenvalue weighted by atomic mass is 32.1. The van der Waals surface area contributed by atoms with E-state index in [9.17, 15) is 14.4 Å². The van der Waals surface area contributed by atoms with Gasteiger partial charge in [0.05, 0.1) is 5.69 Å². The Bertz CT molecular complexity index is 865. The van der Waals surface area contributed by atoms with E-state index in [2.05, 4.69) is 10.3 Å². The van der Waals surface area contributed by atoms with E-state index < -0.39 is 0 Å². The summed E-state index contributed by atoms with van der Waals surface area (Å²) in [5.74, 6) is -0.491. The van der Waals surface area contributed by atoms with Crippen molar-refractivity contribution in [2.75, 3.05) is 43.9 Å². The van der Waals surface area contributed by atoms with E-state index in [1.54, 1.807) is 25.9 Å². The molecule has 2 aromatic rings. The number of thiazole rings is 1. The van der Waals surface area contributed by atoms with Gasteiger partial charge in [0.1, 0.15) is 11.4 Å². The van der Waals surface area contributed by atoms with Gasteiger partial charge in [0.15, 0.2) is 5.13 Å². The second kappa shape index (κ2) is 7.75. The summed E-state index contributed by atoms with van der Waals surface area (Å²) in [6.07, 6.45) is 0. The van der Waals surface area contributed by atoms with Crippen LogP contribution in [0.3, 0.4) is 0 Å². The van der Waals surface area contributed by atoms with Crippen LogP contribution < -0.4 is 10.2 Å². The number of nitrogens with one attached hydrogen (secondary N) is 1. The third kappa shape index (κ3) is 4.08. The number of rotatable bonds is 5. The van der Waals surface area contributed by atoms with Crippen LogP contribution in [0.15, 0.2) is 30.3 Å². The van der Waals surface area contributed by atoms with Gasteiger partial charge in [-0.1, -0.05) is 29.5 Å². The molecule has 0 radical (unpaired) electrons. The molecule has 8 nitrogen and oxygen atoms in total. The van der Waals surface area contributed by atoms with Crippen molar-refractivity contribution in [3.63, 3.8) is 0 Å². The van der Waals surface area contributed by atoms with Crippen LogP contribution in [-0.4, -0.2) is 66.4 Å². The zero-order valence-electron chi connectivity index (χ0n) is 15.4. The molecular formula is C18H21N5O3S. The molecular weight excluding hydrogens is 366 g/mol. The van der Waals surface area contributed by atoms with Gasteiger partial charge in [0.25, 0.3) is 5.91 Å². The number of hydrogen-bond donors (Lipinski definition) is 1. The van der Waals surface area contributed by atoms with E-state index in [0.29, 0.717) is 28.8 Å². The summed E-state index contributed by atoms with van der Waals surface area (Å²) in [5, 5.41) is 3.04. The number of para-hydroxylation sites is 1. The maximum absolute atomic E-state index is 12.5. The van der Waals surface area contributed by atoms with Gasteiger partial charge >= 0.3 is 6.03 Å². The average Bonchev–Trinajstić information content (AvgIpc) is 3.17. The Morgan fingerprint density at radius 3 is 2.59 bits per heavy atom. The van der Waals surface area contributed by atoms with Crippen LogP contribution >= 0.6 is 11.3 Å². The van der Waals surface area contributed by atoms with E-state index in [1.807, 2.05) is 30.3 Å². The smallest absolute Gasteiger partial charge is 0.325 e. The number of urea groups is 1.